The summed E-state index contributed by atoms with van der Waals surface area (Å²) in [7, 11) is 1.63. The largest absolute Gasteiger partial charge is 0.497 e. The van der Waals surface area contributed by atoms with E-state index < -0.39 is 0 Å². The maximum atomic E-state index is 12.9. The molecule has 2 amide bonds. The fraction of sp³-hybridized carbons (Fsp3) is 0.600. The van der Waals surface area contributed by atoms with Gasteiger partial charge in [-0.15, -0.1) is 0 Å². The predicted molar refractivity (Wildman–Crippen MR) is 98.6 cm³/mol. The van der Waals surface area contributed by atoms with Crippen molar-refractivity contribution < 1.29 is 14.3 Å². The van der Waals surface area contributed by atoms with Crippen molar-refractivity contribution in [3.63, 3.8) is 0 Å². The molecule has 0 N–H and O–H groups in total. The summed E-state index contributed by atoms with van der Waals surface area (Å²) in [6.07, 6.45) is 0.822. The van der Waals surface area contributed by atoms with Gasteiger partial charge in [0.2, 0.25) is 11.8 Å². The van der Waals surface area contributed by atoms with Gasteiger partial charge in [0.25, 0.3) is 0 Å². The zero-order valence-corrected chi connectivity index (χ0v) is 16.0. The fourth-order valence-corrected chi connectivity index (χ4v) is 3.12. The molecular weight excluding hydrogens is 316 g/mol. The molecule has 2 rings (SSSR count). The molecule has 1 heterocycles. The summed E-state index contributed by atoms with van der Waals surface area (Å²) in [5.41, 5.74) is 0.605. The average molecular weight is 346 g/mol. The van der Waals surface area contributed by atoms with E-state index in [2.05, 4.69) is 0 Å². The molecule has 0 bridgehead atoms. The monoisotopic (exact) mass is 346 g/mol. The highest BCUT2D eigenvalue weighted by Gasteiger charge is 2.30. The van der Waals surface area contributed by atoms with Gasteiger partial charge in [-0.05, 0) is 31.0 Å². The molecule has 0 saturated carbocycles. The van der Waals surface area contributed by atoms with Crippen molar-refractivity contribution in [1.82, 2.24) is 9.80 Å². The molecule has 0 aliphatic carbocycles. The number of methoxy groups -OCH3 is 1. The minimum atomic E-state index is -0.379. The predicted octanol–water partition coefficient (Wildman–Crippen LogP) is 2.91. The van der Waals surface area contributed by atoms with Crippen LogP contribution >= 0.6 is 0 Å². The van der Waals surface area contributed by atoms with Gasteiger partial charge in [-0.2, -0.15) is 0 Å². The summed E-state index contributed by atoms with van der Waals surface area (Å²) >= 11 is 0. The Hall–Kier alpha value is -2.04. The molecule has 1 aromatic carbocycles. The SMILES string of the molecule is COc1ccc([C@H](C)C(=O)N2CCCN(C(=O)C(C)(C)C)CC2)cc1. The lowest BCUT2D eigenvalue weighted by atomic mass is 9.94. The van der Waals surface area contributed by atoms with Crippen molar-refractivity contribution in [2.24, 2.45) is 5.41 Å². The second-order valence-electron chi connectivity index (χ2n) is 7.72. The lowest BCUT2D eigenvalue weighted by Crippen LogP contribution is -2.42. The summed E-state index contributed by atoms with van der Waals surface area (Å²) in [6.45, 7) is 10.4. The molecule has 138 valence electrons. The molecule has 0 unspecified atom stereocenters. The molecule has 1 aliphatic rings. The maximum Gasteiger partial charge on any atom is 0.229 e. The number of amides is 2. The van der Waals surface area contributed by atoms with Gasteiger partial charge in [0.1, 0.15) is 5.75 Å². The molecule has 1 aliphatic heterocycles. The number of carbonyl (C=O) groups is 2. The minimum Gasteiger partial charge on any atom is -0.497 e. The molecule has 5 heteroatoms. The molecular formula is C20H30N2O3. The van der Waals surface area contributed by atoms with E-state index in [9.17, 15) is 9.59 Å². The Morgan fingerprint density at radius 3 is 2.12 bits per heavy atom. The van der Waals surface area contributed by atoms with E-state index in [1.165, 1.54) is 0 Å². The first-order valence-corrected chi connectivity index (χ1v) is 8.96. The highest BCUT2D eigenvalue weighted by molar-refractivity contribution is 5.84. The minimum absolute atomic E-state index is 0.121. The Morgan fingerprint density at radius 1 is 1.00 bits per heavy atom. The van der Waals surface area contributed by atoms with Gasteiger partial charge >= 0.3 is 0 Å². The lowest BCUT2D eigenvalue weighted by molar-refractivity contribution is -0.140. The molecule has 0 spiro atoms. The van der Waals surface area contributed by atoms with Crippen LogP contribution in [0, 0.1) is 5.41 Å². The Bertz CT molecular complexity index is 604. The summed E-state index contributed by atoms with van der Waals surface area (Å²) in [6, 6.07) is 7.64. The fourth-order valence-electron chi connectivity index (χ4n) is 3.12. The van der Waals surface area contributed by atoms with E-state index in [4.69, 9.17) is 4.74 Å². The van der Waals surface area contributed by atoms with Gasteiger partial charge in [-0.3, -0.25) is 9.59 Å². The topological polar surface area (TPSA) is 49.9 Å². The quantitative estimate of drug-likeness (QED) is 0.845. The number of hydrogen-bond acceptors (Lipinski definition) is 3. The molecule has 0 aromatic heterocycles. The average Bonchev–Trinajstić information content (AvgIpc) is 2.85. The Kier molecular flexibility index (Phi) is 6.09. The van der Waals surface area contributed by atoms with Crippen LogP contribution in [0.15, 0.2) is 24.3 Å². The summed E-state index contributed by atoms with van der Waals surface area (Å²) in [5, 5.41) is 0. The van der Waals surface area contributed by atoms with Crippen LogP contribution < -0.4 is 4.74 Å². The van der Waals surface area contributed by atoms with Crippen LogP contribution in [0.3, 0.4) is 0 Å². The Labute approximate surface area is 150 Å². The number of ether oxygens (including phenoxy) is 1. The first-order chi connectivity index (χ1) is 11.7. The zero-order valence-electron chi connectivity index (χ0n) is 16.0. The number of hydrogen-bond donors (Lipinski definition) is 0. The molecule has 1 fully saturated rings. The van der Waals surface area contributed by atoms with Crippen molar-refractivity contribution in [3.05, 3.63) is 29.8 Å². The molecule has 0 radical (unpaired) electrons. The van der Waals surface area contributed by atoms with Crippen molar-refractivity contribution in [2.45, 2.75) is 40.0 Å². The highest BCUT2D eigenvalue weighted by atomic mass is 16.5. The van der Waals surface area contributed by atoms with Gasteiger partial charge in [0.15, 0.2) is 0 Å². The zero-order chi connectivity index (χ0) is 18.6. The molecule has 1 saturated heterocycles. The van der Waals surface area contributed by atoms with E-state index in [-0.39, 0.29) is 23.1 Å². The van der Waals surface area contributed by atoms with Crippen LogP contribution in [0.1, 0.15) is 45.6 Å². The summed E-state index contributed by atoms with van der Waals surface area (Å²) in [4.78, 5) is 29.1. The summed E-state index contributed by atoms with van der Waals surface area (Å²) < 4.78 is 5.17. The van der Waals surface area contributed by atoms with Crippen LogP contribution in [0.5, 0.6) is 5.75 Å². The van der Waals surface area contributed by atoms with Crippen LogP contribution in [-0.4, -0.2) is 54.9 Å². The van der Waals surface area contributed by atoms with E-state index in [0.29, 0.717) is 19.6 Å². The van der Waals surface area contributed by atoms with E-state index >= 15 is 0 Å². The standard InChI is InChI=1S/C20H30N2O3/c1-15(16-7-9-17(25-5)10-8-16)18(23)21-11-6-12-22(14-13-21)19(24)20(2,3)4/h7-10,15H,6,11-14H2,1-5H3/t15-/m0/s1. The third-order valence-electron chi connectivity index (χ3n) is 4.72. The molecule has 1 atom stereocenters. The van der Waals surface area contributed by atoms with Gasteiger partial charge in [-0.1, -0.05) is 32.9 Å². The van der Waals surface area contributed by atoms with Crippen molar-refractivity contribution in [2.75, 3.05) is 33.3 Å². The summed E-state index contributed by atoms with van der Waals surface area (Å²) in [5.74, 6) is 0.866. The van der Waals surface area contributed by atoms with Crippen molar-refractivity contribution >= 4 is 11.8 Å². The van der Waals surface area contributed by atoms with Gasteiger partial charge in [0.05, 0.1) is 13.0 Å². The van der Waals surface area contributed by atoms with Crippen LogP contribution in [0.2, 0.25) is 0 Å². The number of rotatable bonds is 3. The maximum absolute atomic E-state index is 12.9. The molecule has 25 heavy (non-hydrogen) atoms. The van der Waals surface area contributed by atoms with E-state index in [1.54, 1.807) is 7.11 Å². The van der Waals surface area contributed by atoms with Gasteiger partial charge in [-0.25, -0.2) is 0 Å². The van der Waals surface area contributed by atoms with Gasteiger partial charge < -0.3 is 14.5 Å². The van der Waals surface area contributed by atoms with Crippen molar-refractivity contribution in [3.8, 4) is 5.75 Å². The van der Waals surface area contributed by atoms with Crippen LogP contribution in [-0.2, 0) is 9.59 Å². The number of nitrogens with zero attached hydrogens (tertiary/aromatic N) is 2. The second-order valence-corrected chi connectivity index (χ2v) is 7.72. The third-order valence-corrected chi connectivity index (χ3v) is 4.72. The van der Waals surface area contributed by atoms with Crippen molar-refractivity contribution in [1.29, 1.82) is 0 Å². The number of benzene rings is 1. The lowest BCUT2D eigenvalue weighted by Gasteiger charge is -2.29. The first kappa shape index (κ1) is 19.3. The highest BCUT2D eigenvalue weighted by Crippen LogP contribution is 2.23. The molecule has 1 aromatic rings. The normalized spacial score (nSPS) is 17.0. The van der Waals surface area contributed by atoms with E-state index in [0.717, 1.165) is 24.3 Å². The number of carbonyl (C=O) groups excluding carboxylic acids is 2. The smallest absolute Gasteiger partial charge is 0.229 e. The third kappa shape index (κ3) is 4.74. The Balaban J connectivity index is 2.01. The first-order valence-electron chi connectivity index (χ1n) is 8.96. The van der Waals surface area contributed by atoms with Crippen LogP contribution in [0.25, 0.3) is 0 Å². The molecule has 5 nitrogen and oxygen atoms in total. The second kappa shape index (κ2) is 7.89. The van der Waals surface area contributed by atoms with E-state index in [1.807, 2.05) is 61.8 Å². The Morgan fingerprint density at radius 2 is 1.56 bits per heavy atom. The van der Waals surface area contributed by atoms with Gasteiger partial charge in [0, 0.05) is 31.6 Å². The van der Waals surface area contributed by atoms with Crippen LogP contribution in [0.4, 0.5) is 0 Å².